The average Bonchev–Trinajstić information content (AvgIpc) is 2.88. The van der Waals surface area contributed by atoms with Gasteiger partial charge in [0.15, 0.2) is 0 Å². The molecule has 1 saturated heterocycles. The Kier molecular flexibility index (Phi) is 3.90. The van der Waals surface area contributed by atoms with E-state index in [4.69, 9.17) is 4.74 Å². The van der Waals surface area contributed by atoms with Crippen molar-refractivity contribution in [1.82, 2.24) is 15.2 Å². The van der Waals surface area contributed by atoms with Gasteiger partial charge >= 0.3 is 0 Å². The number of amides is 1. The number of H-pyrrole nitrogens is 1. The van der Waals surface area contributed by atoms with Crippen LogP contribution in [-0.2, 0) is 4.74 Å². The molecule has 0 aliphatic carbocycles. The van der Waals surface area contributed by atoms with Gasteiger partial charge < -0.3 is 19.9 Å². The van der Waals surface area contributed by atoms with Gasteiger partial charge in [0.2, 0.25) is 0 Å². The van der Waals surface area contributed by atoms with E-state index in [1.807, 2.05) is 7.05 Å². The van der Waals surface area contributed by atoms with Crippen LogP contribution in [0.1, 0.15) is 10.4 Å². The van der Waals surface area contributed by atoms with Gasteiger partial charge in [0.1, 0.15) is 5.82 Å². The van der Waals surface area contributed by atoms with Crippen LogP contribution in [0, 0.1) is 5.82 Å². The molecular formula is C15H18FN3O2. The van der Waals surface area contributed by atoms with Crippen LogP contribution >= 0.6 is 0 Å². The van der Waals surface area contributed by atoms with Crippen LogP contribution in [-0.4, -0.2) is 55.2 Å². The van der Waals surface area contributed by atoms with Crippen molar-refractivity contribution in [2.24, 2.45) is 0 Å². The summed E-state index contributed by atoms with van der Waals surface area (Å²) in [7, 11) is 2.03. The summed E-state index contributed by atoms with van der Waals surface area (Å²) in [4.78, 5) is 17.3. The number of nitrogens with zero attached hydrogens (tertiary/aromatic N) is 1. The fourth-order valence-corrected chi connectivity index (χ4v) is 2.58. The second-order valence-corrected chi connectivity index (χ2v) is 5.36. The van der Waals surface area contributed by atoms with Crippen LogP contribution in [0.15, 0.2) is 24.4 Å². The lowest BCUT2D eigenvalue weighted by atomic mass is 10.1. The Morgan fingerprint density at radius 2 is 2.43 bits per heavy atom. The van der Waals surface area contributed by atoms with Gasteiger partial charge in [0, 0.05) is 36.7 Å². The van der Waals surface area contributed by atoms with Crippen molar-refractivity contribution in [3.05, 3.63) is 35.8 Å². The van der Waals surface area contributed by atoms with Crippen molar-refractivity contribution in [3.63, 3.8) is 0 Å². The number of carbonyl (C=O) groups excluding carboxylic acids is 1. The number of hydrogen-bond donors (Lipinski definition) is 2. The molecule has 0 saturated carbocycles. The molecule has 2 N–H and O–H groups in total. The van der Waals surface area contributed by atoms with E-state index in [0.29, 0.717) is 24.2 Å². The molecule has 112 valence electrons. The van der Waals surface area contributed by atoms with Crippen LogP contribution < -0.4 is 5.32 Å². The zero-order valence-electron chi connectivity index (χ0n) is 11.9. The Morgan fingerprint density at radius 1 is 1.57 bits per heavy atom. The van der Waals surface area contributed by atoms with E-state index in [1.54, 1.807) is 12.3 Å². The quantitative estimate of drug-likeness (QED) is 0.898. The van der Waals surface area contributed by atoms with Crippen LogP contribution in [0.3, 0.4) is 0 Å². The Balaban J connectivity index is 1.67. The van der Waals surface area contributed by atoms with Crippen LogP contribution in [0.5, 0.6) is 0 Å². The molecule has 1 aromatic carbocycles. The second kappa shape index (κ2) is 5.83. The van der Waals surface area contributed by atoms with Crippen molar-refractivity contribution >= 4 is 16.8 Å². The normalized spacial score (nSPS) is 19.8. The minimum Gasteiger partial charge on any atom is -0.374 e. The topological polar surface area (TPSA) is 57.4 Å². The molecular weight excluding hydrogens is 273 g/mol. The van der Waals surface area contributed by atoms with Crippen molar-refractivity contribution in [3.8, 4) is 0 Å². The Labute approximate surface area is 122 Å². The van der Waals surface area contributed by atoms with Crippen molar-refractivity contribution in [2.45, 2.75) is 6.10 Å². The van der Waals surface area contributed by atoms with Crippen LogP contribution in [0.25, 0.3) is 10.9 Å². The predicted molar refractivity (Wildman–Crippen MR) is 77.8 cm³/mol. The second-order valence-electron chi connectivity index (χ2n) is 5.36. The highest BCUT2D eigenvalue weighted by atomic mass is 19.1. The van der Waals surface area contributed by atoms with Crippen molar-refractivity contribution in [1.29, 1.82) is 0 Å². The van der Waals surface area contributed by atoms with E-state index in [0.717, 1.165) is 18.5 Å². The number of benzene rings is 1. The first-order valence-electron chi connectivity index (χ1n) is 6.98. The maximum Gasteiger partial charge on any atom is 0.253 e. The number of aromatic amines is 1. The molecule has 1 aliphatic rings. The SMILES string of the molecule is CN1CCOC(CNC(=O)c2c[nH]c3cc(F)ccc23)C1. The predicted octanol–water partition coefficient (Wildman–Crippen LogP) is 1.37. The summed E-state index contributed by atoms with van der Waals surface area (Å²) in [6.45, 7) is 2.87. The summed E-state index contributed by atoms with van der Waals surface area (Å²) >= 11 is 0. The zero-order valence-corrected chi connectivity index (χ0v) is 11.9. The summed E-state index contributed by atoms with van der Waals surface area (Å²) in [6.07, 6.45) is 1.61. The number of rotatable bonds is 3. The number of ether oxygens (including phenoxy) is 1. The van der Waals surface area contributed by atoms with Crippen molar-refractivity contribution in [2.75, 3.05) is 33.3 Å². The summed E-state index contributed by atoms with van der Waals surface area (Å²) in [5.74, 6) is -0.500. The molecule has 1 aliphatic heterocycles. The molecule has 0 radical (unpaired) electrons. The molecule has 2 heterocycles. The van der Waals surface area contributed by atoms with E-state index in [2.05, 4.69) is 15.2 Å². The highest BCUT2D eigenvalue weighted by molar-refractivity contribution is 6.06. The van der Waals surface area contributed by atoms with E-state index >= 15 is 0 Å². The number of hydrogen-bond acceptors (Lipinski definition) is 3. The molecule has 2 aromatic rings. The maximum absolute atomic E-state index is 13.1. The first kappa shape index (κ1) is 14.0. The van der Waals surface area contributed by atoms with Gasteiger partial charge in [-0.15, -0.1) is 0 Å². The molecule has 0 spiro atoms. The number of carbonyl (C=O) groups is 1. The Hall–Kier alpha value is -1.92. The van der Waals surface area contributed by atoms with Gasteiger partial charge in [-0.05, 0) is 25.2 Å². The van der Waals surface area contributed by atoms with Gasteiger partial charge in [-0.3, -0.25) is 4.79 Å². The first-order valence-corrected chi connectivity index (χ1v) is 6.98. The molecule has 1 atom stereocenters. The third kappa shape index (κ3) is 3.06. The molecule has 1 unspecified atom stereocenters. The molecule has 3 rings (SSSR count). The lowest BCUT2D eigenvalue weighted by Crippen LogP contribution is -2.45. The number of aromatic nitrogens is 1. The molecule has 0 bridgehead atoms. The van der Waals surface area contributed by atoms with Gasteiger partial charge in [0.25, 0.3) is 5.91 Å². The highest BCUT2D eigenvalue weighted by Gasteiger charge is 2.19. The van der Waals surface area contributed by atoms with Crippen LogP contribution in [0.4, 0.5) is 4.39 Å². The standard InChI is InChI=1S/C15H18FN3O2/c1-19-4-5-21-11(9-19)7-18-15(20)13-8-17-14-6-10(16)2-3-12(13)14/h2-3,6,8,11,17H,4-5,7,9H2,1H3,(H,18,20). The smallest absolute Gasteiger partial charge is 0.253 e. The van der Waals surface area contributed by atoms with Gasteiger partial charge in [0.05, 0.1) is 18.3 Å². The molecule has 6 heteroatoms. The fraction of sp³-hybridized carbons (Fsp3) is 0.400. The third-order valence-electron chi connectivity index (χ3n) is 3.72. The summed E-state index contributed by atoms with van der Waals surface area (Å²) < 4.78 is 18.7. The lowest BCUT2D eigenvalue weighted by molar-refractivity contribution is -0.0174. The van der Waals surface area contributed by atoms with Gasteiger partial charge in [-0.25, -0.2) is 4.39 Å². The van der Waals surface area contributed by atoms with Gasteiger partial charge in [-0.1, -0.05) is 0 Å². The number of morpholine rings is 1. The maximum atomic E-state index is 13.1. The number of halogens is 1. The largest absolute Gasteiger partial charge is 0.374 e. The van der Waals surface area contributed by atoms with E-state index < -0.39 is 0 Å². The van der Waals surface area contributed by atoms with E-state index in [1.165, 1.54) is 12.1 Å². The Morgan fingerprint density at radius 3 is 3.24 bits per heavy atom. The first-order chi connectivity index (χ1) is 10.1. The minimum atomic E-state index is -0.324. The third-order valence-corrected chi connectivity index (χ3v) is 3.72. The number of fused-ring (bicyclic) bond motifs is 1. The molecule has 1 amide bonds. The van der Waals surface area contributed by atoms with Crippen molar-refractivity contribution < 1.29 is 13.9 Å². The Bertz CT molecular complexity index is 655. The van der Waals surface area contributed by atoms with E-state index in [-0.39, 0.29) is 17.8 Å². The monoisotopic (exact) mass is 291 g/mol. The van der Waals surface area contributed by atoms with Gasteiger partial charge in [-0.2, -0.15) is 0 Å². The lowest BCUT2D eigenvalue weighted by Gasteiger charge is -2.30. The molecule has 1 fully saturated rings. The summed E-state index contributed by atoms with van der Waals surface area (Å²) in [5, 5.41) is 3.60. The average molecular weight is 291 g/mol. The summed E-state index contributed by atoms with van der Waals surface area (Å²) in [5.41, 5.74) is 1.14. The molecule has 5 nitrogen and oxygen atoms in total. The minimum absolute atomic E-state index is 0.00958. The number of nitrogens with one attached hydrogen (secondary N) is 2. The highest BCUT2D eigenvalue weighted by Crippen LogP contribution is 2.19. The zero-order chi connectivity index (χ0) is 14.8. The van der Waals surface area contributed by atoms with Crippen LogP contribution in [0.2, 0.25) is 0 Å². The number of likely N-dealkylation sites (N-methyl/N-ethyl adjacent to an activating group) is 1. The summed E-state index contributed by atoms with van der Waals surface area (Å²) in [6, 6.07) is 4.35. The van der Waals surface area contributed by atoms with E-state index in [9.17, 15) is 9.18 Å². The molecule has 1 aromatic heterocycles. The molecule has 21 heavy (non-hydrogen) atoms. The fourth-order valence-electron chi connectivity index (χ4n) is 2.58.